The highest BCUT2D eigenvalue weighted by Gasteiger charge is 2.44. The minimum atomic E-state index is -0.339. The molecular formula is C76H64N2O2. The van der Waals surface area contributed by atoms with Gasteiger partial charge in [-0.15, -0.1) is 0 Å². The lowest BCUT2D eigenvalue weighted by Gasteiger charge is -2.30. The lowest BCUT2D eigenvalue weighted by molar-refractivity contribution is 0.572. The number of hydrogen-bond donors (Lipinski definition) is 0. The van der Waals surface area contributed by atoms with Crippen molar-refractivity contribution in [1.82, 2.24) is 0 Å². The number of fused-ring (bicyclic) bond motifs is 16. The van der Waals surface area contributed by atoms with Gasteiger partial charge in [-0.25, -0.2) is 0 Å². The highest BCUT2D eigenvalue weighted by atomic mass is 16.3. The van der Waals surface area contributed by atoms with E-state index in [-0.39, 0.29) is 21.7 Å². The van der Waals surface area contributed by atoms with Crippen molar-refractivity contribution in [3.05, 3.63) is 240 Å². The normalized spacial score (nSPS) is 14.3. The summed E-state index contributed by atoms with van der Waals surface area (Å²) in [4.78, 5) is 4.89. The number of rotatable bonds is 6. The molecule has 0 spiro atoms. The predicted molar refractivity (Wildman–Crippen MR) is 338 cm³/mol. The molecule has 390 valence electrons. The summed E-state index contributed by atoms with van der Waals surface area (Å²) in [6.07, 6.45) is 0. The van der Waals surface area contributed by atoms with Crippen LogP contribution in [-0.2, 0) is 21.7 Å². The van der Waals surface area contributed by atoms with Crippen LogP contribution in [0.5, 0.6) is 0 Å². The van der Waals surface area contributed by atoms with Crippen molar-refractivity contribution in [2.24, 2.45) is 0 Å². The first-order valence-corrected chi connectivity index (χ1v) is 28.4. The van der Waals surface area contributed by atoms with Crippen molar-refractivity contribution >= 4 is 99.5 Å². The maximum atomic E-state index is 7.14. The second-order valence-corrected chi connectivity index (χ2v) is 25.6. The number of nitrogens with zero attached hydrogens (tertiary/aromatic N) is 2. The van der Waals surface area contributed by atoms with Gasteiger partial charge in [0, 0.05) is 65.6 Å². The van der Waals surface area contributed by atoms with Crippen molar-refractivity contribution in [3.8, 4) is 22.3 Å². The topological polar surface area (TPSA) is 32.8 Å². The molecular weight excluding hydrogens is 973 g/mol. The zero-order valence-electron chi connectivity index (χ0n) is 47.3. The standard InChI is InChI=1S/C76H64N2O2/c1-73(2,3)57-37-21-33-51-53-35-23-39-63(71(53)79-69(51)57)77(45-25-13-11-14-26-45)65-43-61-67(49-31-19-17-29-47(49)65)55-41-56-60(42-59(55)75(61,7)8)76(9,10)62-44-66(48-30-18-20-32-50(48)68(56)62)78(46-27-15-12-16-28-46)64-40-24-36-54-52-34-22-38-58(74(4,5)6)70(52)80-72(54)64/h11-44H,1-10H3. The number of hydrogen-bond acceptors (Lipinski definition) is 4. The Hall–Kier alpha value is -8.86. The molecule has 4 heteroatoms. The first kappa shape index (κ1) is 48.3. The quantitative estimate of drug-likeness (QED) is 0.166. The van der Waals surface area contributed by atoms with E-state index in [1.54, 1.807) is 0 Å². The Balaban J connectivity index is 0.943. The van der Waals surface area contributed by atoms with Crippen molar-refractivity contribution < 1.29 is 8.83 Å². The van der Waals surface area contributed by atoms with E-state index in [0.717, 1.165) is 78.0 Å². The smallest absolute Gasteiger partial charge is 0.159 e. The van der Waals surface area contributed by atoms with Gasteiger partial charge in [0.2, 0.25) is 0 Å². The van der Waals surface area contributed by atoms with Gasteiger partial charge in [-0.2, -0.15) is 0 Å². The number of anilines is 6. The summed E-state index contributed by atoms with van der Waals surface area (Å²) in [5.41, 5.74) is 22.3. The molecule has 0 N–H and O–H groups in total. The van der Waals surface area contributed by atoms with Crippen LogP contribution in [0.15, 0.2) is 215 Å². The average Bonchev–Trinajstić information content (AvgIpc) is 4.32. The van der Waals surface area contributed by atoms with E-state index in [1.165, 1.54) is 77.2 Å². The maximum absolute atomic E-state index is 7.14. The van der Waals surface area contributed by atoms with Gasteiger partial charge in [-0.3, -0.25) is 0 Å². The zero-order valence-corrected chi connectivity index (χ0v) is 47.3. The van der Waals surface area contributed by atoms with E-state index < -0.39 is 0 Å². The lowest BCUT2D eigenvalue weighted by atomic mass is 9.77. The van der Waals surface area contributed by atoms with E-state index in [1.807, 2.05) is 0 Å². The van der Waals surface area contributed by atoms with E-state index in [0.29, 0.717) is 0 Å². The third-order valence-electron chi connectivity index (χ3n) is 18.1. The Labute approximate surface area is 468 Å². The summed E-state index contributed by atoms with van der Waals surface area (Å²) < 4.78 is 14.3. The number of para-hydroxylation sites is 6. The summed E-state index contributed by atoms with van der Waals surface area (Å²) in [6.45, 7) is 23.4. The van der Waals surface area contributed by atoms with Crippen molar-refractivity contribution in [2.75, 3.05) is 9.80 Å². The molecule has 13 aromatic rings. The summed E-state index contributed by atoms with van der Waals surface area (Å²) in [5.74, 6) is 0. The third kappa shape index (κ3) is 6.81. The van der Waals surface area contributed by atoms with Gasteiger partial charge in [0.25, 0.3) is 0 Å². The van der Waals surface area contributed by atoms with Gasteiger partial charge in [-0.1, -0.05) is 221 Å². The molecule has 4 nitrogen and oxygen atoms in total. The fourth-order valence-corrected chi connectivity index (χ4v) is 14.1. The largest absolute Gasteiger partial charge is 0.454 e. The monoisotopic (exact) mass is 1040 g/mol. The van der Waals surface area contributed by atoms with Gasteiger partial charge in [0.05, 0.1) is 22.7 Å². The van der Waals surface area contributed by atoms with Crippen LogP contribution in [0.2, 0.25) is 0 Å². The molecule has 0 bridgehead atoms. The molecule has 15 rings (SSSR count). The second kappa shape index (κ2) is 16.8. The van der Waals surface area contributed by atoms with Crippen LogP contribution < -0.4 is 9.80 Å². The molecule has 11 aromatic carbocycles. The minimum absolute atomic E-state index is 0.0930. The Kier molecular flexibility index (Phi) is 10.2. The predicted octanol–water partition coefficient (Wildman–Crippen LogP) is 21.9. The number of furan rings is 2. The van der Waals surface area contributed by atoms with Gasteiger partial charge < -0.3 is 18.6 Å². The highest BCUT2D eigenvalue weighted by Crippen LogP contribution is 2.61. The van der Waals surface area contributed by atoms with Gasteiger partial charge in [0.1, 0.15) is 11.2 Å². The minimum Gasteiger partial charge on any atom is -0.454 e. The Morgan fingerprint density at radius 3 is 1.02 bits per heavy atom. The number of benzene rings is 11. The third-order valence-corrected chi connectivity index (χ3v) is 18.1. The lowest BCUT2D eigenvalue weighted by Crippen LogP contribution is -2.20. The van der Waals surface area contributed by atoms with Crippen molar-refractivity contribution in [1.29, 1.82) is 0 Å². The Morgan fingerprint density at radius 2 is 0.637 bits per heavy atom. The van der Waals surface area contributed by atoms with E-state index in [4.69, 9.17) is 8.83 Å². The zero-order chi connectivity index (χ0) is 54.8. The molecule has 0 aliphatic heterocycles. The van der Waals surface area contributed by atoms with Crippen LogP contribution in [-0.4, -0.2) is 0 Å². The summed E-state index contributed by atoms with van der Waals surface area (Å²) in [7, 11) is 0. The summed E-state index contributed by atoms with van der Waals surface area (Å²) >= 11 is 0. The van der Waals surface area contributed by atoms with Crippen LogP contribution in [0.4, 0.5) is 34.1 Å². The van der Waals surface area contributed by atoms with Gasteiger partial charge in [0.15, 0.2) is 11.2 Å². The van der Waals surface area contributed by atoms with Crippen molar-refractivity contribution in [2.45, 2.75) is 90.9 Å². The fraction of sp³-hybridized carbons (Fsp3) is 0.184. The van der Waals surface area contributed by atoms with Crippen LogP contribution >= 0.6 is 0 Å². The fourth-order valence-electron chi connectivity index (χ4n) is 14.1. The molecule has 0 amide bonds. The molecule has 0 saturated carbocycles. The SMILES string of the molecule is CC(C)(C)c1cccc2c1oc1c(N(c3ccccc3)c3cc4c(c5ccccc35)-c3cc5c(cc3C4(C)C)C(C)(C)c3cc(N(c4ccccc4)c4cccc6c4oc4c(C(C)(C)C)cccc46)c4ccccc4c3-5)cccc12. The van der Waals surface area contributed by atoms with Crippen LogP contribution in [0, 0.1) is 0 Å². The Morgan fingerprint density at radius 1 is 0.300 bits per heavy atom. The van der Waals surface area contributed by atoms with Gasteiger partial charge in [-0.05, 0) is 121 Å². The summed E-state index contributed by atoms with van der Waals surface area (Å²) in [6, 6.07) is 76.5. The molecule has 0 unspecified atom stereocenters. The van der Waals surface area contributed by atoms with Crippen LogP contribution in [0.1, 0.15) is 103 Å². The van der Waals surface area contributed by atoms with Crippen LogP contribution in [0.25, 0.3) is 87.7 Å². The molecule has 0 atom stereocenters. The molecule has 0 saturated heterocycles. The van der Waals surface area contributed by atoms with E-state index in [2.05, 4.69) is 285 Å². The van der Waals surface area contributed by atoms with E-state index >= 15 is 0 Å². The molecule has 2 aliphatic rings. The first-order chi connectivity index (χ1) is 38.5. The molecule has 2 aromatic heterocycles. The highest BCUT2D eigenvalue weighted by molar-refractivity contribution is 6.17. The average molecular weight is 1040 g/mol. The molecule has 80 heavy (non-hydrogen) atoms. The second-order valence-electron chi connectivity index (χ2n) is 25.6. The molecule has 2 heterocycles. The molecule has 2 aliphatic carbocycles. The van der Waals surface area contributed by atoms with Gasteiger partial charge >= 0.3 is 0 Å². The summed E-state index contributed by atoms with van der Waals surface area (Å²) in [5, 5.41) is 9.37. The maximum Gasteiger partial charge on any atom is 0.159 e. The first-order valence-electron chi connectivity index (χ1n) is 28.4. The molecule has 0 fully saturated rings. The van der Waals surface area contributed by atoms with Crippen molar-refractivity contribution in [3.63, 3.8) is 0 Å². The Bertz CT molecular complexity index is 4430. The van der Waals surface area contributed by atoms with Crippen LogP contribution in [0.3, 0.4) is 0 Å². The molecule has 0 radical (unpaired) electrons. The van der Waals surface area contributed by atoms with E-state index in [9.17, 15) is 0 Å².